The number of fused-ring (bicyclic) bond motifs is 1. The van der Waals surface area contributed by atoms with Crippen molar-refractivity contribution >= 4 is 17.3 Å². The van der Waals surface area contributed by atoms with Crippen molar-refractivity contribution in [2.24, 2.45) is 0 Å². The number of hydrogen-bond donors (Lipinski definition) is 2. The predicted octanol–water partition coefficient (Wildman–Crippen LogP) is 2.30. The van der Waals surface area contributed by atoms with Gasteiger partial charge in [-0.05, 0) is 39.3 Å². The first kappa shape index (κ1) is 21.6. The zero-order valence-electron chi connectivity index (χ0n) is 15.6. The third-order valence-electron chi connectivity index (χ3n) is 4.01. The lowest BCUT2D eigenvalue weighted by Gasteiger charge is -2.40. The molecule has 9 heteroatoms. The van der Waals surface area contributed by atoms with Gasteiger partial charge in [0.1, 0.15) is 11.4 Å². The molecular formula is C18H23F2NO5S. The number of carbonyl (C=O) groups excluding carboxylic acids is 1. The van der Waals surface area contributed by atoms with E-state index < -0.39 is 51.1 Å². The number of hydrogen-bond acceptors (Lipinski definition) is 6. The minimum Gasteiger partial charge on any atom is -0.598 e. The molecule has 1 unspecified atom stereocenters. The monoisotopic (exact) mass is 403 g/mol. The fourth-order valence-corrected chi connectivity index (χ4v) is 3.45. The molecule has 27 heavy (non-hydrogen) atoms. The van der Waals surface area contributed by atoms with E-state index in [1.807, 2.05) is 0 Å². The van der Waals surface area contributed by atoms with Crippen molar-refractivity contribution < 1.29 is 32.7 Å². The Morgan fingerprint density at radius 3 is 2.67 bits per heavy atom. The van der Waals surface area contributed by atoms with Crippen LogP contribution < -0.4 is 9.46 Å². The molecular weight excluding hydrogens is 380 g/mol. The Balaban J connectivity index is 2.60. The Morgan fingerprint density at radius 1 is 1.48 bits per heavy atom. The van der Waals surface area contributed by atoms with Crippen molar-refractivity contribution in [3.63, 3.8) is 0 Å². The van der Waals surface area contributed by atoms with Gasteiger partial charge in [-0.3, -0.25) is 0 Å². The van der Waals surface area contributed by atoms with Crippen LogP contribution in [0.2, 0.25) is 0 Å². The minimum atomic E-state index is -2.52. The second-order valence-electron chi connectivity index (χ2n) is 7.13. The number of carbonyl (C=O) groups is 1. The summed E-state index contributed by atoms with van der Waals surface area (Å²) in [6.07, 6.45) is 0. The predicted molar refractivity (Wildman–Crippen MR) is 96.3 cm³/mol. The van der Waals surface area contributed by atoms with Crippen LogP contribution in [0.25, 0.3) is 0 Å². The fraction of sp³-hybridized carbons (Fsp3) is 0.500. The lowest BCUT2D eigenvalue weighted by Crippen LogP contribution is -2.62. The molecule has 0 bridgehead atoms. The molecule has 0 spiro atoms. The van der Waals surface area contributed by atoms with Crippen LogP contribution in [-0.4, -0.2) is 39.3 Å². The molecule has 0 saturated heterocycles. The molecule has 0 saturated carbocycles. The highest BCUT2D eigenvalue weighted by Crippen LogP contribution is 2.44. The summed E-state index contributed by atoms with van der Waals surface area (Å²) in [6, 6.07) is 2.05. The van der Waals surface area contributed by atoms with E-state index in [2.05, 4.69) is 11.3 Å². The van der Waals surface area contributed by atoms with Crippen LogP contribution in [0.4, 0.5) is 8.78 Å². The van der Waals surface area contributed by atoms with Crippen LogP contribution in [0, 0.1) is 11.6 Å². The maximum atomic E-state index is 14.2. The molecule has 1 aromatic rings. The van der Waals surface area contributed by atoms with Crippen molar-refractivity contribution in [2.75, 3.05) is 13.2 Å². The van der Waals surface area contributed by atoms with E-state index in [-0.39, 0.29) is 24.4 Å². The van der Waals surface area contributed by atoms with Crippen LogP contribution in [0.1, 0.15) is 39.2 Å². The normalized spacial score (nSPS) is 20.3. The lowest BCUT2D eigenvalue weighted by molar-refractivity contribution is -0.168. The summed E-state index contributed by atoms with van der Waals surface area (Å²) >= 11 is -1.88. The summed E-state index contributed by atoms with van der Waals surface area (Å²) in [6.45, 7) is 9.94. The molecule has 2 N–H and O–H groups in total. The second kappa shape index (κ2) is 7.75. The Hall–Kier alpha value is -1.68. The topological polar surface area (TPSA) is 90.9 Å². The number of halogens is 2. The summed E-state index contributed by atoms with van der Waals surface area (Å²) in [7, 11) is 0. The number of esters is 1. The lowest BCUT2D eigenvalue weighted by atomic mass is 9.81. The summed E-state index contributed by atoms with van der Waals surface area (Å²) in [5, 5.41) is 11.2. The van der Waals surface area contributed by atoms with Crippen LogP contribution in [0.15, 0.2) is 24.3 Å². The summed E-state index contributed by atoms with van der Waals surface area (Å²) in [5.74, 6) is -5.18. The largest absolute Gasteiger partial charge is 0.598 e. The van der Waals surface area contributed by atoms with Crippen LogP contribution >= 0.6 is 0 Å². The van der Waals surface area contributed by atoms with Crippen LogP contribution in [-0.2, 0) is 20.9 Å². The van der Waals surface area contributed by atoms with Gasteiger partial charge in [0.15, 0.2) is 11.6 Å². The molecule has 0 aliphatic carbocycles. The van der Waals surface area contributed by atoms with Crippen molar-refractivity contribution in [3.8, 4) is 5.75 Å². The maximum Gasteiger partial charge on any atom is 0.358 e. The van der Waals surface area contributed by atoms with Crippen molar-refractivity contribution in [1.29, 1.82) is 0 Å². The highest BCUT2D eigenvalue weighted by atomic mass is 32.2. The van der Waals surface area contributed by atoms with Gasteiger partial charge in [0.05, 0.1) is 12.5 Å². The Morgan fingerprint density at radius 2 is 2.11 bits per heavy atom. The molecule has 0 radical (unpaired) electrons. The molecule has 2 rings (SSSR count). The number of nitrogens with one attached hydrogen (secondary N) is 1. The van der Waals surface area contributed by atoms with E-state index >= 15 is 0 Å². The average molecular weight is 403 g/mol. The third kappa shape index (κ3) is 4.11. The molecule has 150 valence electrons. The van der Waals surface area contributed by atoms with E-state index in [1.54, 1.807) is 27.7 Å². The highest BCUT2D eigenvalue weighted by molar-refractivity contribution is 7.90. The zero-order chi connectivity index (χ0) is 20.6. The quantitative estimate of drug-likeness (QED) is 0.339. The van der Waals surface area contributed by atoms with E-state index in [4.69, 9.17) is 9.47 Å². The Bertz CT molecular complexity index is 752. The zero-order valence-corrected chi connectivity index (χ0v) is 16.4. The molecule has 0 aromatic heterocycles. The smallest absolute Gasteiger partial charge is 0.358 e. The third-order valence-corrected chi connectivity index (χ3v) is 5.62. The molecule has 6 nitrogen and oxygen atoms in total. The number of aliphatic hydroxyl groups is 1. The number of benzene rings is 1. The standard InChI is InChI=1S/C18H23F2NO5S/c1-6-25-16(22)18(23,21-27(24)17(3,4)5)13-10(2)9-26-15-11(13)7-8-12(19)14(15)20/h7-8,13,21,23H,2,6,9H2,1,3-5H3/t13?,18-,27-/m0/s1. The number of ether oxygens (including phenoxy) is 2. The highest BCUT2D eigenvalue weighted by Gasteiger charge is 2.54. The SMILES string of the molecule is C=C1COc2c(ccc(F)c2F)C1[C@@](O)(N[S@@+]([O-])C(C)(C)C)C(=O)OCC. The fourth-order valence-electron chi connectivity index (χ4n) is 2.66. The Kier molecular flexibility index (Phi) is 6.20. The van der Waals surface area contributed by atoms with Gasteiger partial charge in [0, 0.05) is 16.9 Å². The average Bonchev–Trinajstić information content (AvgIpc) is 2.57. The Labute approximate surface area is 159 Å². The van der Waals surface area contributed by atoms with Gasteiger partial charge in [0.25, 0.3) is 5.72 Å². The van der Waals surface area contributed by atoms with E-state index in [0.717, 1.165) is 6.07 Å². The summed E-state index contributed by atoms with van der Waals surface area (Å²) in [4.78, 5) is 12.6. The van der Waals surface area contributed by atoms with E-state index in [1.165, 1.54) is 6.07 Å². The number of rotatable bonds is 5. The molecule has 3 atom stereocenters. The molecule has 1 heterocycles. The van der Waals surface area contributed by atoms with Crippen molar-refractivity contribution in [1.82, 2.24) is 4.72 Å². The van der Waals surface area contributed by atoms with Crippen molar-refractivity contribution in [2.45, 2.75) is 44.1 Å². The van der Waals surface area contributed by atoms with Gasteiger partial charge in [0.2, 0.25) is 5.82 Å². The van der Waals surface area contributed by atoms with Crippen LogP contribution in [0.5, 0.6) is 5.75 Å². The van der Waals surface area contributed by atoms with Crippen molar-refractivity contribution in [3.05, 3.63) is 41.5 Å². The van der Waals surface area contributed by atoms with Gasteiger partial charge in [-0.2, -0.15) is 4.39 Å². The maximum absolute atomic E-state index is 14.2. The molecule has 1 aliphatic heterocycles. The van der Waals surface area contributed by atoms with Gasteiger partial charge < -0.3 is 19.1 Å². The van der Waals surface area contributed by atoms with E-state index in [0.29, 0.717) is 0 Å². The molecule has 0 amide bonds. The first-order valence-electron chi connectivity index (χ1n) is 8.31. The second-order valence-corrected chi connectivity index (χ2v) is 9.10. The first-order valence-corrected chi connectivity index (χ1v) is 9.46. The molecule has 1 aromatic carbocycles. The molecule has 0 fully saturated rings. The summed E-state index contributed by atoms with van der Waals surface area (Å²) in [5.41, 5.74) is -2.31. The van der Waals surface area contributed by atoms with Gasteiger partial charge in [-0.15, -0.1) is 0 Å². The van der Waals surface area contributed by atoms with E-state index in [9.17, 15) is 23.2 Å². The van der Waals surface area contributed by atoms with Gasteiger partial charge in [-0.1, -0.05) is 17.4 Å². The minimum absolute atomic E-state index is 0.000822. The van der Waals surface area contributed by atoms with Gasteiger partial charge in [-0.25, -0.2) is 9.18 Å². The van der Waals surface area contributed by atoms with Crippen LogP contribution in [0.3, 0.4) is 0 Å². The summed E-state index contributed by atoms with van der Waals surface area (Å²) < 4.78 is 52.1. The molecule has 1 aliphatic rings. The van der Waals surface area contributed by atoms with Gasteiger partial charge >= 0.3 is 5.97 Å². The first-order chi connectivity index (χ1) is 12.4.